The van der Waals surface area contributed by atoms with Crippen LogP contribution in [0.1, 0.15) is 103 Å². The molecule has 1 aliphatic carbocycles. The Balaban J connectivity index is 1.27. The van der Waals surface area contributed by atoms with Crippen LogP contribution < -0.4 is 15.8 Å². The highest BCUT2D eigenvalue weighted by molar-refractivity contribution is 5.89. The standard InChI is InChI=1S/C31H48N8O2/c1-31(2,3)14-12-10-8-6-5-7-9-11-13-15-40-22-39-20-23(18-32)27-28(39)36-30(35-25-19-34-38(4)21-25)37-29(27)41-26-16-24(33)17-26/h19-21,24,26H,5-17,22,33H2,1-4H3,(H,35,36,37). The number of unbranched alkanes of at least 4 members (excludes halogenated alkanes) is 8. The van der Waals surface area contributed by atoms with Crippen molar-refractivity contribution in [3.63, 3.8) is 0 Å². The van der Waals surface area contributed by atoms with Gasteiger partial charge in [-0.3, -0.25) is 4.68 Å². The fraction of sp³-hybridized carbons (Fsp3) is 0.677. The first-order valence-electron chi connectivity index (χ1n) is 15.3. The van der Waals surface area contributed by atoms with E-state index in [0.29, 0.717) is 47.2 Å². The molecular formula is C31H48N8O2. The van der Waals surface area contributed by atoms with E-state index in [0.717, 1.165) is 24.9 Å². The molecule has 1 aliphatic rings. The predicted molar refractivity (Wildman–Crippen MR) is 162 cm³/mol. The summed E-state index contributed by atoms with van der Waals surface area (Å²) in [6.07, 6.45) is 19.6. The number of hydrogen-bond acceptors (Lipinski definition) is 8. The van der Waals surface area contributed by atoms with Crippen molar-refractivity contribution >= 4 is 22.7 Å². The van der Waals surface area contributed by atoms with Crippen LogP contribution >= 0.6 is 0 Å². The lowest BCUT2D eigenvalue weighted by molar-refractivity contribution is 0.0762. The van der Waals surface area contributed by atoms with Gasteiger partial charge in [-0.1, -0.05) is 72.1 Å². The summed E-state index contributed by atoms with van der Waals surface area (Å²) in [4.78, 5) is 9.35. The summed E-state index contributed by atoms with van der Waals surface area (Å²) in [5.41, 5.74) is 8.26. The van der Waals surface area contributed by atoms with Crippen molar-refractivity contribution in [3.05, 3.63) is 24.2 Å². The number of nitrogens with one attached hydrogen (secondary N) is 1. The summed E-state index contributed by atoms with van der Waals surface area (Å²) in [6, 6.07) is 2.42. The highest BCUT2D eigenvalue weighted by atomic mass is 16.5. The van der Waals surface area contributed by atoms with Gasteiger partial charge in [0.1, 0.15) is 18.9 Å². The van der Waals surface area contributed by atoms with Crippen molar-refractivity contribution in [2.45, 2.75) is 117 Å². The number of aromatic nitrogens is 5. The molecule has 1 fully saturated rings. The first-order chi connectivity index (χ1) is 19.7. The molecule has 10 nitrogen and oxygen atoms in total. The van der Waals surface area contributed by atoms with Gasteiger partial charge >= 0.3 is 0 Å². The monoisotopic (exact) mass is 564 g/mol. The predicted octanol–water partition coefficient (Wildman–Crippen LogP) is 6.57. The summed E-state index contributed by atoms with van der Waals surface area (Å²) in [5.74, 6) is 0.768. The molecule has 1 saturated carbocycles. The minimum absolute atomic E-state index is 0.0195. The van der Waals surface area contributed by atoms with E-state index >= 15 is 0 Å². The van der Waals surface area contributed by atoms with E-state index in [1.54, 1.807) is 17.1 Å². The van der Waals surface area contributed by atoms with E-state index in [-0.39, 0.29) is 12.1 Å². The Labute approximate surface area is 244 Å². The molecule has 10 heteroatoms. The van der Waals surface area contributed by atoms with Crippen molar-refractivity contribution in [2.24, 2.45) is 18.2 Å². The molecule has 3 heterocycles. The molecule has 3 N–H and O–H groups in total. The van der Waals surface area contributed by atoms with Crippen LogP contribution in [-0.4, -0.2) is 43.1 Å². The molecule has 224 valence electrons. The zero-order valence-corrected chi connectivity index (χ0v) is 25.4. The van der Waals surface area contributed by atoms with Crippen molar-refractivity contribution in [2.75, 3.05) is 11.9 Å². The van der Waals surface area contributed by atoms with E-state index in [4.69, 9.17) is 20.2 Å². The van der Waals surface area contributed by atoms with Gasteiger partial charge < -0.3 is 25.1 Å². The maximum Gasteiger partial charge on any atom is 0.232 e. The van der Waals surface area contributed by atoms with Gasteiger partial charge in [-0.25, -0.2) is 0 Å². The zero-order chi connectivity index (χ0) is 29.2. The molecule has 4 rings (SSSR count). The van der Waals surface area contributed by atoms with Gasteiger partial charge in [0, 0.05) is 32.1 Å². The van der Waals surface area contributed by atoms with Crippen molar-refractivity contribution in [1.29, 1.82) is 5.26 Å². The maximum atomic E-state index is 9.87. The van der Waals surface area contributed by atoms with Gasteiger partial charge in [0.15, 0.2) is 5.65 Å². The number of nitrogens with zero attached hydrogens (tertiary/aromatic N) is 6. The van der Waals surface area contributed by atoms with E-state index in [1.165, 1.54) is 57.8 Å². The molecule has 0 spiro atoms. The van der Waals surface area contributed by atoms with Gasteiger partial charge in [-0.15, -0.1) is 0 Å². The number of fused-ring (bicyclic) bond motifs is 1. The molecule has 0 aromatic carbocycles. The molecule has 3 aromatic rings. The molecule has 0 aliphatic heterocycles. The third-order valence-corrected chi connectivity index (χ3v) is 7.62. The summed E-state index contributed by atoms with van der Waals surface area (Å²) in [5, 5.41) is 17.9. The van der Waals surface area contributed by atoms with E-state index in [2.05, 4.69) is 42.2 Å². The molecule has 0 saturated heterocycles. The first-order valence-corrected chi connectivity index (χ1v) is 15.3. The van der Waals surface area contributed by atoms with Crippen LogP contribution in [0.5, 0.6) is 5.88 Å². The first kappa shape index (κ1) is 30.8. The van der Waals surface area contributed by atoms with Crippen LogP contribution in [0.4, 0.5) is 11.6 Å². The topological polar surface area (TPSA) is 129 Å². The third-order valence-electron chi connectivity index (χ3n) is 7.62. The number of nitriles is 1. The number of ether oxygens (including phenoxy) is 2. The molecule has 0 amide bonds. The maximum absolute atomic E-state index is 9.87. The fourth-order valence-corrected chi connectivity index (χ4v) is 5.21. The Hall–Kier alpha value is -3.16. The molecule has 0 atom stereocenters. The van der Waals surface area contributed by atoms with Crippen LogP contribution in [0.3, 0.4) is 0 Å². The van der Waals surface area contributed by atoms with Gasteiger partial charge in [0.25, 0.3) is 0 Å². The smallest absolute Gasteiger partial charge is 0.232 e. The summed E-state index contributed by atoms with van der Waals surface area (Å²) < 4.78 is 15.8. The highest BCUT2D eigenvalue weighted by Gasteiger charge is 2.30. The average Bonchev–Trinajstić information content (AvgIpc) is 3.47. The molecule has 0 bridgehead atoms. The summed E-state index contributed by atoms with van der Waals surface area (Å²) in [6.45, 7) is 7.96. The molecular weight excluding hydrogens is 516 g/mol. The minimum Gasteiger partial charge on any atom is -0.474 e. The Morgan fingerprint density at radius 1 is 1.02 bits per heavy atom. The normalized spacial score (nSPS) is 17.0. The number of anilines is 2. The van der Waals surface area contributed by atoms with Crippen LogP contribution in [-0.2, 0) is 18.5 Å². The Morgan fingerprint density at radius 3 is 2.32 bits per heavy atom. The summed E-state index contributed by atoms with van der Waals surface area (Å²) in [7, 11) is 1.85. The Morgan fingerprint density at radius 2 is 1.71 bits per heavy atom. The van der Waals surface area contributed by atoms with Crippen molar-refractivity contribution in [3.8, 4) is 11.9 Å². The number of nitrogens with two attached hydrogens (primary N) is 1. The van der Waals surface area contributed by atoms with E-state index in [1.807, 2.05) is 17.8 Å². The minimum atomic E-state index is -0.0195. The molecule has 0 unspecified atom stereocenters. The van der Waals surface area contributed by atoms with Crippen LogP contribution in [0.2, 0.25) is 0 Å². The summed E-state index contributed by atoms with van der Waals surface area (Å²) >= 11 is 0. The second kappa shape index (κ2) is 14.6. The lowest BCUT2D eigenvalue weighted by atomic mass is 9.89. The number of hydrogen-bond donors (Lipinski definition) is 2. The molecule has 0 radical (unpaired) electrons. The lowest BCUT2D eigenvalue weighted by Crippen LogP contribution is -2.43. The number of aryl methyl sites for hydroxylation is 1. The van der Waals surface area contributed by atoms with Crippen LogP contribution in [0.25, 0.3) is 11.0 Å². The Kier molecular flexibility index (Phi) is 11.0. The fourth-order valence-electron chi connectivity index (χ4n) is 5.21. The number of rotatable bonds is 17. The molecule has 41 heavy (non-hydrogen) atoms. The van der Waals surface area contributed by atoms with Crippen LogP contribution in [0.15, 0.2) is 18.6 Å². The zero-order valence-electron chi connectivity index (χ0n) is 25.4. The van der Waals surface area contributed by atoms with Crippen molar-refractivity contribution < 1.29 is 9.47 Å². The van der Waals surface area contributed by atoms with Gasteiger partial charge in [-0.05, 0) is 31.1 Å². The quantitative estimate of drug-likeness (QED) is 0.176. The average molecular weight is 565 g/mol. The lowest BCUT2D eigenvalue weighted by Gasteiger charge is -2.32. The molecule has 3 aromatic heterocycles. The van der Waals surface area contributed by atoms with E-state index < -0.39 is 0 Å². The second-order valence-corrected chi connectivity index (χ2v) is 12.7. The van der Waals surface area contributed by atoms with Gasteiger partial charge in [-0.2, -0.15) is 20.3 Å². The largest absolute Gasteiger partial charge is 0.474 e. The second-order valence-electron chi connectivity index (χ2n) is 12.7. The van der Waals surface area contributed by atoms with Gasteiger partial charge in [0.2, 0.25) is 11.8 Å². The van der Waals surface area contributed by atoms with Gasteiger partial charge in [0.05, 0.1) is 22.8 Å². The highest BCUT2D eigenvalue weighted by Crippen LogP contribution is 2.33. The van der Waals surface area contributed by atoms with Crippen molar-refractivity contribution in [1.82, 2.24) is 24.3 Å². The SMILES string of the molecule is Cn1cc(Nc2nc(OC3CC(N)C3)c3c(C#N)cn(COCCCCCCCCCCCC(C)(C)C)c3n2)cn1. The van der Waals surface area contributed by atoms with E-state index in [9.17, 15) is 5.26 Å². The Bertz CT molecular complexity index is 1280. The van der Waals surface area contributed by atoms with Crippen LogP contribution in [0, 0.1) is 16.7 Å². The third kappa shape index (κ3) is 9.44.